The quantitative estimate of drug-likeness (QED) is 0.698. The van der Waals surface area contributed by atoms with Crippen molar-refractivity contribution in [3.8, 4) is 6.07 Å². The molecular formula is C16H15N4S+. The second-order valence-corrected chi connectivity index (χ2v) is 5.92. The smallest absolute Gasteiger partial charge is 0.257 e. The van der Waals surface area contributed by atoms with Gasteiger partial charge in [-0.05, 0) is 36.4 Å². The third-order valence-corrected chi connectivity index (χ3v) is 4.29. The Hall–Kier alpha value is -2.32. The molecule has 104 valence electrons. The Morgan fingerprint density at radius 1 is 1.38 bits per heavy atom. The van der Waals surface area contributed by atoms with Crippen LogP contribution in [0.1, 0.15) is 22.5 Å². The number of aryl methyl sites for hydroxylation is 2. The topological polar surface area (TPSA) is 55.2 Å². The molecule has 0 aliphatic heterocycles. The molecule has 0 amide bonds. The van der Waals surface area contributed by atoms with Crippen LogP contribution in [0.2, 0.25) is 0 Å². The second-order valence-electron chi connectivity index (χ2n) is 4.94. The lowest BCUT2D eigenvalue weighted by Gasteiger charge is -2.00. The molecule has 4 nitrogen and oxygen atoms in total. The van der Waals surface area contributed by atoms with Crippen LogP contribution in [-0.4, -0.2) is 9.38 Å². The van der Waals surface area contributed by atoms with Gasteiger partial charge < -0.3 is 4.40 Å². The summed E-state index contributed by atoms with van der Waals surface area (Å²) in [6.07, 6.45) is 4.01. The lowest BCUT2D eigenvalue weighted by atomic mass is 10.1. The van der Waals surface area contributed by atoms with Crippen molar-refractivity contribution in [3.63, 3.8) is 0 Å². The summed E-state index contributed by atoms with van der Waals surface area (Å²) >= 11 is 1.61. The number of nitrogens with zero attached hydrogens (tertiary/aromatic N) is 3. The van der Waals surface area contributed by atoms with Crippen LogP contribution in [0.3, 0.4) is 0 Å². The van der Waals surface area contributed by atoms with Crippen molar-refractivity contribution < 1.29 is 4.98 Å². The first-order valence-corrected chi connectivity index (χ1v) is 7.65. The first-order valence-electron chi connectivity index (χ1n) is 6.66. The molecule has 0 radical (unpaired) electrons. The Balaban J connectivity index is 1.86. The maximum absolute atomic E-state index is 9.30. The zero-order chi connectivity index (χ0) is 14.8. The predicted octanol–water partition coefficient (Wildman–Crippen LogP) is 2.93. The molecule has 0 bridgehead atoms. The van der Waals surface area contributed by atoms with Gasteiger partial charge in [-0.25, -0.2) is 9.97 Å². The molecule has 3 heterocycles. The number of imidazole rings is 1. The zero-order valence-corrected chi connectivity index (χ0v) is 12.7. The lowest BCUT2D eigenvalue weighted by molar-refractivity contribution is -0.435. The summed E-state index contributed by atoms with van der Waals surface area (Å²) in [5, 5.41) is 10.2. The van der Waals surface area contributed by atoms with E-state index in [-0.39, 0.29) is 0 Å². The van der Waals surface area contributed by atoms with E-state index in [2.05, 4.69) is 16.0 Å². The number of nitrogens with one attached hydrogen (secondary N) is 1. The molecule has 0 saturated carbocycles. The lowest BCUT2D eigenvalue weighted by Crippen LogP contribution is -2.14. The maximum Gasteiger partial charge on any atom is 0.257 e. The highest BCUT2D eigenvalue weighted by atomic mass is 32.2. The van der Waals surface area contributed by atoms with Crippen LogP contribution in [-0.2, 0) is 5.75 Å². The fourth-order valence-electron chi connectivity index (χ4n) is 2.30. The van der Waals surface area contributed by atoms with Crippen molar-refractivity contribution in [2.24, 2.45) is 0 Å². The van der Waals surface area contributed by atoms with Crippen LogP contribution in [0.25, 0.3) is 5.65 Å². The van der Waals surface area contributed by atoms with Crippen LogP contribution in [0.4, 0.5) is 0 Å². The molecule has 0 unspecified atom stereocenters. The molecule has 3 aromatic rings. The molecule has 0 aliphatic rings. The number of hydrogen-bond acceptors (Lipinski definition) is 3. The molecule has 3 aromatic heterocycles. The second kappa shape index (κ2) is 5.58. The van der Waals surface area contributed by atoms with Crippen LogP contribution in [0, 0.1) is 25.2 Å². The van der Waals surface area contributed by atoms with Crippen molar-refractivity contribution in [3.05, 3.63) is 59.2 Å². The molecule has 3 rings (SSSR count). The molecule has 0 fully saturated rings. The number of rotatable bonds is 3. The fourth-order valence-corrected chi connectivity index (χ4v) is 3.32. The number of hydrogen-bond donors (Lipinski definition) is 0. The van der Waals surface area contributed by atoms with Gasteiger partial charge >= 0.3 is 0 Å². The van der Waals surface area contributed by atoms with Crippen molar-refractivity contribution in [1.29, 1.82) is 5.26 Å². The zero-order valence-electron chi connectivity index (χ0n) is 11.9. The summed E-state index contributed by atoms with van der Waals surface area (Å²) in [6, 6.07) is 10.2. The van der Waals surface area contributed by atoms with E-state index in [0.29, 0.717) is 0 Å². The molecule has 1 N–H and O–H groups in total. The largest absolute Gasteiger partial charge is 0.307 e. The summed E-state index contributed by atoms with van der Waals surface area (Å²) in [5.74, 6) is 0.732. The summed E-state index contributed by atoms with van der Waals surface area (Å²) in [6.45, 7) is 3.97. The van der Waals surface area contributed by atoms with Crippen molar-refractivity contribution in [1.82, 2.24) is 9.38 Å². The molecular weight excluding hydrogens is 280 g/mol. The fraction of sp³-hybridized carbons (Fsp3) is 0.188. The van der Waals surface area contributed by atoms with Gasteiger partial charge in [0.15, 0.2) is 5.69 Å². The molecule has 0 spiro atoms. The van der Waals surface area contributed by atoms with Crippen molar-refractivity contribution in [2.75, 3.05) is 0 Å². The number of thioether (sulfide) groups is 1. The molecule has 21 heavy (non-hydrogen) atoms. The normalized spacial score (nSPS) is 10.7. The van der Waals surface area contributed by atoms with E-state index in [1.807, 2.05) is 54.9 Å². The Morgan fingerprint density at radius 3 is 3.00 bits per heavy atom. The SMILES string of the molecule is Cc1cc(C)c(C#N)c(SCc2cn3ccccc3n2)[nH+]1. The van der Waals surface area contributed by atoms with Crippen LogP contribution in [0.5, 0.6) is 0 Å². The minimum atomic E-state index is 0.717. The molecule has 0 aliphatic carbocycles. The first-order chi connectivity index (χ1) is 10.2. The Labute approximate surface area is 127 Å². The van der Waals surface area contributed by atoms with Gasteiger partial charge in [0, 0.05) is 31.1 Å². The summed E-state index contributed by atoms with van der Waals surface area (Å²) in [4.78, 5) is 7.85. The third kappa shape index (κ3) is 2.76. The minimum absolute atomic E-state index is 0.717. The van der Waals surface area contributed by atoms with Crippen molar-refractivity contribution in [2.45, 2.75) is 24.6 Å². The molecule has 5 heteroatoms. The van der Waals surface area contributed by atoms with E-state index in [4.69, 9.17) is 0 Å². The van der Waals surface area contributed by atoms with Crippen molar-refractivity contribution >= 4 is 17.4 Å². The summed E-state index contributed by atoms with van der Waals surface area (Å²) in [5.41, 5.74) is 4.73. The van der Waals surface area contributed by atoms with Crippen LogP contribution in [0.15, 0.2) is 41.7 Å². The van der Waals surface area contributed by atoms with Crippen LogP contribution < -0.4 is 4.98 Å². The number of H-pyrrole nitrogens is 1. The average Bonchev–Trinajstić information content (AvgIpc) is 2.87. The Bertz CT molecular complexity index is 812. The van der Waals surface area contributed by atoms with E-state index in [1.54, 1.807) is 11.8 Å². The van der Waals surface area contributed by atoms with Gasteiger partial charge in [-0.2, -0.15) is 5.26 Å². The van der Waals surface area contributed by atoms with Crippen LogP contribution >= 0.6 is 11.8 Å². The number of aromatic nitrogens is 3. The van der Waals surface area contributed by atoms with Gasteiger partial charge in [0.2, 0.25) is 0 Å². The Kier molecular flexibility index (Phi) is 3.63. The highest BCUT2D eigenvalue weighted by Crippen LogP contribution is 2.24. The van der Waals surface area contributed by atoms with Gasteiger partial charge in [-0.1, -0.05) is 6.07 Å². The monoisotopic (exact) mass is 295 g/mol. The highest BCUT2D eigenvalue weighted by Gasteiger charge is 2.16. The van der Waals surface area contributed by atoms with Gasteiger partial charge in [-0.3, -0.25) is 0 Å². The Morgan fingerprint density at radius 2 is 2.24 bits per heavy atom. The van der Waals surface area contributed by atoms with E-state index in [0.717, 1.165) is 38.9 Å². The number of pyridine rings is 2. The van der Waals surface area contributed by atoms with E-state index < -0.39 is 0 Å². The molecule has 0 aromatic carbocycles. The predicted molar refractivity (Wildman–Crippen MR) is 81.9 cm³/mol. The van der Waals surface area contributed by atoms with Gasteiger partial charge in [0.25, 0.3) is 5.03 Å². The van der Waals surface area contributed by atoms with Gasteiger partial charge in [0.1, 0.15) is 17.3 Å². The molecule has 0 atom stereocenters. The minimum Gasteiger partial charge on any atom is -0.307 e. The number of fused-ring (bicyclic) bond motifs is 1. The molecule has 0 saturated heterocycles. The van der Waals surface area contributed by atoms with E-state index in [9.17, 15) is 5.26 Å². The number of aromatic amines is 1. The standard InChI is InChI=1S/C16H14N4S/c1-11-7-12(2)18-16(14(11)8-17)21-10-13-9-20-6-4-3-5-15(20)19-13/h3-7,9H,10H2,1-2H3/p+1. The number of nitriles is 1. The first kappa shape index (κ1) is 13.7. The maximum atomic E-state index is 9.30. The highest BCUT2D eigenvalue weighted by molar-refractivity contribution is 7.98. The summed E-state index contributed by atoms with van der Waals surface area (Å²) < 4.78 is 2.01. The van der Waals surface area contributed by atoms with E-state index in [1.165, 1.54) is 0 Å². The van der Waals surface area contributed by atoms with Gasteiger partial charge in [0.05, 0.1) is 5.69 Å². The summed E-state index contributed by atoms with van der Waals surface area (Å²) in [7, 11) is 0. The third-order valence-electron chi connectivity index (χ3n) is 3.26. The van der Waals surface area contributed by atoms with E-state index >= 15 is 0 Å². The average molecular weight is 295 g/mol. The van der Waals surface area contributed by atoms with Gasteiger partial charge in [-0.15, -0.1) is 0 Å².